The van der Waals surface area contributed by atoms with Crippen molar-refractivity contribution >= 4 is 5.82 Å². The summed E-state index contributed by atoms with van der Waals surface area (Å²) in [5, 5.41) is 2.57. The Balaban J connectivity index is 2.25. The minimum atomic E-state index is -1.32. The van der Waals surface area contributed by atoms with Crippen LogP contribution in [0.1, 0.15) is 6.42 Å². The summed E-state index contributed by atoms with van der Waals surface area (Å²) in [6.45, 7) is 1.80. The fourth-order valence-electron chi connectivity index (χ4n) is 1.19. The van der Waals surface area contributed by atoms with Crippen LogP contribution in [0.4, 0.5) is 19.0 Å². The van der Waals surface area contributed by atoms with E-state index >= 15 is 0 Å². The molecule has 0 aliphatic rings. The normalized spacial score (nSPS) is 10.7. The molecule has 0 aliphatic heterocycles. The van der Waals surface area contributed by atoms with E-state index in [1.165, 1.54) is 0 Å². The highest BCUT2D eigenvalue weighted by molar-refractivity contribution is 5.35. The van der Waals surface area contributed by atoms with Gasteiger partial charge in [-0.2, -0.15) is 9.37 Å². The smallest absolute Gasteiger partial charge is 0.251 e. The van der Waals surface area contributed by atoms with E-state index < -0.39 is 17.6 Å². The van der Waals surface area contributed by atoms with E-state index in [4.69, 9.17) is 9.47 Å². The van der Waals surface area contributed by atoms with E-state index in [1.54, 1.807) is 7.11 Å². The Bertz CT molecular complexity index is 378. The molecule has 0 atom stereocenters. The monoisotopic (exact) mass is 264 g/mol. The Hall–Kier alpha value is -1.34. The first-order valence-corrected chi connectivity index (χ1v) is 5.47. The van der Waals surface area contributed by atoms with Crippen LogP contribution in [0.15, 0.2) is 6.07 Å². The summed E-state index contributed by atoms with van der Waals surface area (Å²) in [5.41, 5.74) is 0. The molecule has 7 heteroatoms. The van der Waals surface area contributed by atoms with Crippen molar-refractivity contribution < 1.29 is 22.6 Å². The van der Waals surface area contributed by atoms with Gasteiger partial charge in [0.1, 0.15) is 0 Å². The van der Waals surface area contributed by atoms with Crippen molar-refractivity contribution in [3.05, 3.63) is 23.6 Å². The first-order valence-electron chi connectivity index (χ1n) is 5.47. The van der Waals surface area contributed by atoms with Gasteiger partial charge in [-0.1, -0.05) is 0 Å². The maximum Gasteiger partial charge on any atom is 0.251 e. The van der Waals surface area contributed by atoms with Gasteiger partial charge in [-0.15, -0.1) is 0 Å². The zero-order valence-corrected chi connectivity index (χ0v) is 10.0. The number of pyridine rings is 1. The molecule has 0 bridgehead atoms. The minimum absolute atomic E-state index is 0.300. The third-order valence-electron chi connectivity index (χ3n) is 2.08. The molecule has 0 saturated heterocycles. The fourth-order valence-corrected chi connectivity index (χ4v) is 1.19. The van der Waals surface area contributed by atoms with E-state index in [1.807, 2.05) is 0 Å². The molecule has 0 fully saturated rings. The fraction of sp³-hybridized carbons (Fsp3) is 0.545. The number of methoxy groups -OCH3 is 1. The second-order valence-corrected chi connectivity index (χ2v) is 3.48. The van der Waals surface area contributed by atoms with Crippen LogP contribution in [0.2, 0.25) is 0 Å². The molecule has 0 spiro atoms. The molecule has 1 rings (SSSR count). The highest BCUT2D eigenvalue weighted by atomic mass is 19.2. The average Bonchev–Trinajstić information content (AvgIpc) is 2.34. The lowest BCUT2D eigenvalue weighted by molar-refractivity contribution is 0.0705. The Morgan fingerprint density at radius 3 is 2.67 bits per heavy atom. The molecule has 0 aromatic carbocycles. The first kappa shape index (κ1) is 14.7. The quantitative estimate of drug-likeness (QED) is 0.576. The maximum absolute atomic E-state index is 13.1. The summed E-state index contributed by atoms with van der Waals surface area (Å²) in [4.78, 5) is 3.13. The van der Waals surface area contributed by atoms with Crippen LogP contribution in [0.5, 0.6) is 0 Å². The molecule has 0 amide bonds. The van der Waals surface area contributed by atoms with Crippen molar-refractivity contribution in [2.45, 2.75) is 6.42 Å². The van der Waals surface area contributed by atoms with Crippen LogP contribution in [0.3, 0.4) is 0 Å². The summed E-state index contributed by atoms with van der Waals surface area (Å²) in [6, 6.07) is 0.458. The lowest BCUT2D eigenvalue weighted by Crippen LogP contribution is -2.11. The van der Waals surface area contributed by atoms with Gasteiger partial charge in [0.15, 0.2) is 17.5 Å². The van der Waals surface area contributed by atoms with E-state index in [0.29, 0.717) is 38.9 Å². The zero-order chi connectivity index (χ0) is 13.4. The topological polar surface area (TPSA) is 43.4 Å². The summed E-state index contributed by atoms with van der Waals surface area (Å²) < 4.78 is 48.4. The van der Waals surface area contributed by atoms with Gasteiger partial charge in [0, 0.05) is 26.3 Å². The van der Waals surface area contributed by atoms with Gasteiger partial charge in [-0.05, 0) is 6.42 Å². The Morgan fingerprint density at radius 2 is 1.94 bits per heavy atom. The average molecular weight is 264 g/mol. The van der Waals surface area contributed by atoms with E-state index in [9.17, 15) is 13.2 Å². The number of rotatable bonds is 8. The van der Waals surface area contributed by atoms with Crippen molar-refractivity contribution in [3.63, 3.8) is 0 Å². The van der Waals surface area contributed by atoms with Crippen LogP contribution >= 0.6 is 0 Å². The van der Waals surface area contributed by atoms with E-state index in [-0.39, 0.29) is 5.82 Å². The van der Waals surface area contributed by atoms with Crippen molar-refractivity contribution in [1.29, 1.82) is 0 Å². The second kappa shape index (κ2) is 7.88. The van der Waals surface area contributed by atoms with Gasteiger partial charge in [0.05, 0.1) is 13.2 Å². The van der Waals surface area contributed by atoms with Crippen LogP contribution in [-0.4, -0.2) is 38.5 Å². The standard InChI is InChI=1S/C11H15F3N2O2/c1-17-5-6-18-4-2-3-15-11-9(13)7-8(12)10(14)16-11/h7H,2-6H2,1H3,(H,15,16). The molecule has 0 saturated carbocycles. The molecular weight excluding hydrogens is 249 g/mol. The third-order valence-corrected chi connectivity index (χ3v) is 2.08. The van der Waals surface area contributed by atoms with Crippen LogP contribution < -0.4 is 5.32 Å². The lowest BCUT2D eigenvalue weighted by atomic mass is 10.4. The van der Waals surface area contributed by atoms with Gasteiger partial charge >= 0.3 is 0 Å². The highest BCUT2D eigenvalue weighted by Crippen LogP contribution is 2.13. The van der Waals surface area contributed by atoms with E-state index in [2.05, 4.69) is 10.3 Å². The van der Waals surface area contributed by atoms with Crippen LogP contribution in [0.25, 0.3) is 0 Å². The van der Waals surface area contributed by atoms with Crippen molar-refractivity contribution in [2.75, 3.05) is 38.8 Å². The number of anilines is 1. The summed E-state index contributed by atoms with van der Waals surface area (Å²) >= 11 is 0. The molecule has 1 aromatic heterocycles. The van der Waals surface area contributed by atoms with Gasteiger partial charge in [-0.25, -0.2) is 8.78 Å². The predicted octanol–water partition coefficient (Wildman–Crippen LogP) is 1.96. The minimum Gasteiger partial charge on any atom is -0.382 e. The van der Waals surface area contributed by atoms with Gasteiger partial charge in [0.2, 0.25) is 0 Å². The molecule has 4 nitrogen and oxygen atoms in total. The molecule has 102 valence electrons. The Kier molecular flexibility index (Phi) is 6.45. The molecule has 1 N–H and O–H groups in total. The number of hydrogen-bond donors (Lipinski definition) is 1. The molecule has 18 heavy (non-hydrogen) atoms. The molecule has 1 heterocycles. The number of nitrogens with zero attached hydrogens (tertiary/aromatic N) is 1. The summed E-state index contributed by atoms with van der Waals surface area (Å²) in [7, 11) is 1.57. The highest BCUT2D eigenvalue weighted by Gasteiger charge is 2.10. The number of nitrogens with one attached hydrogen (secondary N) is 1. The van der Waals surface area contributed by atoms with Crippen LogP contribution in [-0.2, 0) is 9.47 Å². The van der Waals surface area contributed by atoms with Crippen molar-refractivity contribution in [1.82, 2.24) is 4.98 Å². The van der Waals surface area contributed by atoms with Gasteiger partial charge in [0.25, 0.3) is 5.95 Å². The number of ether oxygens (including phenoxy) is 2. The van der Waals surface area contributed by atoms with Crippen molar-refractivity contribution in [3.8, 4) is 0 Å². The van der Waals surface area contributed by atoms with Gasteiger partial charge < -0.3 is 14.8 Å². The summed E-state index contributed by atoms with van der Waals surface area (Å²) in [5.74, 6) is -3.85. The molecule has 1 aromatic rings. The van der Waals surface area contributed by atoms with E-state index in [0.717, 1.165) is 0 Å². The molecule has 0 aliphatic carbocycles. The number of aromatic nitrogens is 1. The third kappa shape index (κ3) is 4.89. The van der Waals surface area contributed by atoms with Gasteiger partial charge in [-0.3, -0.25) is 0 Å². The number of halogens is 3. The maximum atomic E-state index is 13.1. The second-order valence-electron chi connectivity index (χ2n) is 3.48. The lowest BCUT2D eigenvalue weighted by Gasteiger charge is -2.07. The SMILES string of the molecule is COCCOCCCNc1nc(F)c(F)cc1F. The molecule has 0 unspecified atom stereocenters. The zero-order valence-electron chi connectivity index (χ0n) is 10.0. The first-order chi connectivity index (χ1) is 8.65. The Labute approximate surface area is 103 Å². The van der Waals surface area contributed by atoms with Crippen LogP contribution in [0, 0.1) is 17.6 Å². The largest absolute Gasteiger partial charge is 0.382 e. The predicted molar refractivity (Wildman–Crippen MR) is 59.9 cm³/mol. The number of hydrogen-bond acceptors (Lipinski definition) is 4. The van der Waals surface area contributed by atoms with Crippen molar-refractivity contribution in [2.24, 2.45) is 0 Å². The molecule has 0 radical (unpaired) electrons. The Morgan fingerprint density at radius 1 is 1.17 bits per heavy atom. The summed E-state index contributed by atoms with van der Waals surface area (Å²) in [6.07, 6.45) is 0.587. The molecular formula is C11H15F3N2O2.